The number of aromatic nitrogens is 1. The highest BCUT2D eigenvalue weighted by molar-refractivity contribution is 6.45. The van der Waals surface area contributed by atoms with Crippen LogP contribution in [0.2, 0.25) is 15.2 Å². The molecule has 0 unspecified atom stereocenters. The number of hydrazone groups is 1. The number of aromatic amines is 1. The predicted octanol–water partition coefficient (Wildman–Crippen LogP) is 3.51. The van der Waals surface area contributed by atoms with Crippen molar-refractivity contribution < 1.29 is 9.78 Å². The van der Waals surface area contributed by atoms with E-state index in [1.165, 1.54) is 5.56 Å². The SMILES string of the molecule is Nc1c(Cl)c(Cl)[nH+]c(C(=O)N/N=C2\CCCc3ccccc32)c1Cl. The van der Waals surface area contributed by atoms with Crippen molar-refractivity contribution in [2.45, 2.75) is 19.3 Å². The van der Waals surface area contributed by atoms with E-state index in [4.69, 9.17) is 40.5 Å². The van der Waals surface area contributed by atoms with Crippen LogP contribution < -0.4 is 16.1 Å². The monoisotopic (exact) mass is 383 g/mol. The Labute approximate surface area is 153 Å². The molecular formula is C16H14Cl3N4O+. The Morgan fingerprint density at radius 3 is 2.71 bits per heavy atom. The van der Waals surface area contributed by atoms with Crippen LogP contribution in [-0.4, -0.2) is 11.6 Å². The first kappa shape index (κ1) is 17.0. The number of nitrogens with one attached hydrogen (secondary N) is 2. The van der Waals surface area contributed by atoms with Crippen molar-refractivity contribution in [3.63, 3.8) is 0 Å². The number of H-pyrrole nitrogens is 1. The molecule has 0 bridgehead atoms. The third-order valence-electron chi connectivity index (χ3n) is 3.83. The number of hydrogen-bond acceptors (Lipinski definition) is 3. The summed E-state index contributed by atoms with van der Waals surface area (Å²) in [5, 5.41) is 4.37. The Morgan fingerprint density at radius 1 is 1.17 bits per heavy atom. The van der Waals surface area contributed by atoms with E-state index in [0.717, 1.165) is 30.5 Å². The molecule has 0 fully saturated rings. The molecule has 1 heterocycles. The third kappa shape index (κ3) is 3.20. The minimum absolute atomic E-state index is 0.00569. The average Bonchev–Trinajstić information content (AvgIpc) is 2.60. The van der Waals surface area contributed by atoms with Gasteiger partial charge in [-0.15, -0.1) is 0 Å². The van der Waals surface area contributed by atoms with Crippen LogP contribution in [0.25, 0.3) is 0 Å². The Balaban J connectivity index is 1.87. The van der Waals surface area contributed by atoms with Gasteiger partial charge in [0.15, 0.2) is 0 Å². The fraction of sp³-hybridized carbons (Fsp3) is 0.188. The summed E-state index contributed by atoms with van der Waals surface area (Å²) < 4.78 is 0. The summed E-state index contributed by atoms with van der Waals surface area (Å²) in [4.78, 5) is 15.0. The van der Waals surface area contributed by atoms with Gasteiger partial charge in [-0.25, -0.2) is 5.43 Å². The molecule has 0 saturated heterocycles. The molecule has 4 N–H and O–H groups in total. The molecule has 8 heteroatoms. The van der Waals surface area contributed by atoms with Crippen LogP contribution in [0.3, 0.4) is 0 Å². The van der Waals surface area contributed by atoms with E-state index in [1.807, 2.05) is 18.2 Å². The molecule has 124 valence electrons. The van der Waals surface area contributed by atoms with Gasteiger partial charge in [0, 0.05) is 5.56 Å². The van der Waals surface area contributed by atoms with Gasteiger partial charge in [-0.1, -0.05) is 47.5 Å². The zero-order valence-corrected chi connectivity index (χ0v) is 14.8. The summed E-state index contributed by atoms with van der Waals surface area (Å²) in [7, 11) is 0. The Kier molecular flexibility index (Phi) is 4.94. The molecule has 0 aliphatic heterocycles. The molecule has 0 spiro atoms. The number of halogens is 3. The summed E-state index contributed by atoms with van der Waals surface area (Å²) >= 11 is 17.9. The maximum Gasteiger partial charge on any atom is 0.337 e. The van der Waals surface area contributed by atoms with Gasteiger partial charge in [0.1, 0.15) is 10.0 Å². The highest BCUT2D eigenvalue weighted by atomic mass is 35.5. The Bertz CT molecular complexity index is 851. The van der Waals surface area contributed by atoms with E-state index < -0.39 is 5.91 Å². The van der Waals surface area contributed by atoms with Crippen molar-refractivity contribution in [2.75, 3.05) is 5.73 Å². The van der Waals surface area contributed by atoms with Crippen molar-refractivity contribution in [3.05, 3.63) is 56.3 Å². The zero-order chi connectivity index (χ0) is 17.3. The Morgan fingerprint density at radius 2 is 1.92 bits per heavy atom. The van der Waals surface area contributed by atoms with Crippen molar-refractivity contribution in [1.29, 1.82) is 0 Å². The number of nitrogens with two attached hydrogens (primary N) is 1. The lowest BCUT2D eigenvalue weighted by molar-refractivity contribution is -0.379. The Hall–Kier alpha value is -1.82. The normalized spacial score (nSPS) is 15.2. The van der Waals surface area contributed by atoms with Gasteiger partial charge >= 0.3 is 5.91 Å². The lowest BCUT2D eigenvalue weighted by Crippen LogP contribution is -2.29. The number of anilines is 1. The molecular weight excluding hydrogens is 371 g/mol. The lowest BCUT2D eigenvalue weighted by Gasteiger charge is -2.17. The molecule has 0 atom stereocenters. The van der Waals surface area contributed by atoms with Crippen LogP contribution in [0, 0.1) is 0 Å². The molecule has 0 radical (unpaired) electrons. The van der Waals surface area contributed by atoms with Crippen LogP contribution in [0.1, 0.15) is 34.5 Å². The third-order valence-corrected chi connectivity index (χ3v) is 4.99. The smallest absolute Gasteiger partial charge is 0.337 e. The van der Waals surface area contributed by atoms with E-state index in [-0.39, 0.29) is 26.6 Å². The summed E-state index contributed by atoms with van der Waals surface area (Å²) in [6.45, 7) is 0. The number of benzene rings is 1. The number of fused-ring (bicyclic) bond motifs is 1. The topological polar surface area (TPSA) is 81.6 Å². The molecule has 5 nitrogen and oxygen atoms in total. The number of nitrogens with zero attached hydrogens (tertiary/aromatic N) is 1. The van der Waals surface area contributed by atoms with Crippen LogP contribution in [0.5, 0.6) is 0 Å². The van der Waals surface area contributed by atoms with Gasteiger partial charge in [-0.2, -0.15) is 10.1 Å². The first-order chi connectivity index (χ1) is 11.5. The minimum Gasteiger partial charge on any atom is -0.396 e. The highest BCUT2D eigenvalue weighted by Gasteiger charge is 2.26. The zero-order valence-electron chi connectivity index (χ0n) is 12.5. The number of nitrogen functional groups attached to an aromatic ring is 1. The molecule has 1 amide bonds. The van der Waals surface area contributed by atoms with E-state index in [1.54, 1.807) is 0 Å². The molecule has 0 saturated carbocycles. The number of rotatable bonds is 2. The number of hydrogen-bond donors (Lipinski definition) is 2. The van der Waals surface area contributed by atoms with E-state index in [9.17, 15) is 4.79 Å². The fourth-order valence-corrected chi connectivity index (χ4v) is 3.23. The van der Waals surface area contributed by atoms with Crippen LogP contribution in [0.15, 0.2) is 29.4 Å². The quantitative estimate of drug-likeness (QED) is 0.613. The standard InChI is InChI=1S/C16H13Cl3N4O/c17-11-13(20)12(18)15(19)21-14(11)16(24)23-22-10-7-3-5-8-4-1-2-6-9(8)10/h1-2,4,6H,3,5,7H2,(H2,20,21)(H,23,24)/p+1/b22-10+. The maximum atomic E-state index is 12.3. The fourth-order valence-electron chi connectivity index (χ4n) is 2.62. The van der Waals surface area contributed by atoms with E-state index in [0.29, 0.717) is 0 Å². The number of pyridine rings is 1. The second kappa shape index (κ2) is 6.97. The van der Waals surface area contributed by atoms with Gasteiger partial charge in [0.2, 0.25) is 0 Å². The number of carbonyl (C=O) groups excluding carboxylic acids is 1. The lowest BCUT2D eigenvalue weighted by atomic mass is 9.90. The second-order valence-electron chi connectivity index (χ2n) is 5.37. The highest BCUT2D eigenvalue weighted by Crippen LogP contribution is 2.32. The van der Waals surface area contributed by atoms with Crippen molar-refractivity contribution >= 4 is 52.1 Å². The first-order valence-electron chi connectivity index (χ1n) is 7.29. The van der Waals surface area contributed by atoms with Crippen molar-refractivity contribution in [3.8, 4) is 0 Å². The largest absolute Gasteiger partial charge is 0.396 e. The molecule has 24 heavy (non-hydrogen) atoms. The van der Waals surface area contributed by atoms with Gasteiger partial charge in [0.25, 0.3) is 10.8 Å². The molecule has 1 aliphatic rings. The predicted molar refractivity (Wildman–Crippen MR) is 95.8 cm³/mol. The van der Waals surface area contributed by atoms with Gasteiger partial charge in [-0.05, 0) is 36.4 Å². The van der Waals surface area contributed by atoms with Crippen LogP contribution >= 0.6 is 34.8 Å². The van der Waals surface area contributed by atoms with Crippen LogP contribution in [-0.2, 0) is 6.42 Å². The number of aryl methyl sites for hydroxylation is 1. The summed E-state index contributed by atoms with van der Waals surface area (Å²) in [5.41, 5.74) is 11.4. The first-order valence-corrected chi connectivity index (χ1v) is 8.43. The number of amides is 1. The minimum atomic E-state index is -0.541. The summed E-state index contributed by atoms with van der Waals surface area (Å²) in [6.07, 6.45) is 2.78. The number of carbonyl (C=O) groups is 1. The molecule has 3 rings (SSSR count). The van der Waals surface area contributed by atoms with Crippen LogP contribution in [0.4, 0.5) is 5.69 Å². The van der Waals surface area contributed by atoms with Gasteiger partial charge in [0.05, 0.1) is 11.4 Å². The van der Waals surface area contributed by atoms with E-state index in [2.05, 4.69) is 21.6 Å². The molecule has 2 aromatic rings. The van der Waals surface area contributed by atoms with Crippen molar-refractivity contribution in [1.82, 2.24) is 5.43 Å². The van der Waals surface area contributed by atoms with Gasteiger partial charge in [-0.3, -0.25) is 4.79 Å². The average molecular weight is 385 g/mol. The maximum absolute atomic E-state index is 12.3. The molecule has 1 aromatic heterocycles. The van der Waals surface area contributed by atoms with Gasteiger partial charge < -0.3 is 5.73 Å². The molecule has 1 aromatic carbocycles. The second-order valence-corrected chi connectivity index (χ2v) is 6.50. The van der Waals surface area contributed by atoms with Crippen molar-refractivity contribution in [2.24, 2.45) is 5.10 Å². The van der Waals surface area contributed by atoms with E-state index >= 15 is 0 Å². The summed E-state index contributed by atoms with van der Waals surface area (Å²) in [5.74, 6) is -0.541. The molecule has 1 aliphatic carbocycles. The summed E-state index contributed by atoms with van der Waals surface area (Å²) in [6, 6.07) is 8.01.